The predicted molar refractivity (Wildman–Crippen MR) is 66.5 cm³/mol. The van der Waals surface area contributed by atoms with E-state index in [0.717, 1.165) is 0 Å². The lowest BCUT2D eigenvalue weighted by molar-refractivity contribution is -1.01. The summed E-state index contributed by atoms with van der Waals surface area (Å²) < 4.78 is 0.319. The van der Waals surface area contributed by atoms with Crippen molar-refractivity contribution in [1.29, 1.82) is 0 Å². The maximum absolute atomic E-state index is 9.44. The van der Waals surface area contributed by atoms with Crippen LogP contribution in [0.5, 0.6) is 0 Å². The molecule has 0 aliphatic carbocycles. The van der Waals surface area contributed by atoms with E-state index in [9.17, 15) is 20.4 Å². The van der Waals surface area contributed by atoms with Crippen LogP contribution in [0.1, 0.15) is 27.7 Å². The Balaban J connectivity index is 5.51. The Morgan fingerprint density at radius 2 is 0.765 bits per heavy atom. The highest BCUT2D eigenvalue weighted by atomic mass is 16.3. The summed E-state index contributed by atoms with van der Waals surface area (Å²) in [4.78, 5) is 0. The number of aliphatic hydroxyl groups is 4. The standard InChI is InChI=1S/C12H28NO4/c1-9(5-14)13(10(2)6-15,11(3)7-16)12(4)8-17/h9-12,14-17H,5-8H2,1-4H3/q+1. The van der Waals surface area contributed by atoms with Crippen LogP contribution in [0.25, 0.3) is 0 Å². The minimum Gasteiger partial charge on any atom is -0.390 e. The third-order valence-corrected chi connectivity index (χ3v) is 4.11. The summed E-state index contributed by atoms with van der Waals surface area (Å²) in [6.07, 6.45) is 0. The van der Waals surface area contributed by atoms with E-state index in [1.54, 1.807) is 0 Å². The third-order valence-electron chi connectivity index (χ3n) is 4.11. The van der Waals surface area contributed by atoms with E-state index in [0.29, 0.717) is 4.48 Å². The highest BCUT2D eigenvalue weighted by molar-refractivity contribution is 4.70. The lowest BCUT2D eigenvalue weighted by Gasteiger charge is -2.54. The van der Waals surface area contributed by atoms with Gasteiger partial charge in [-0.1, -0.05) is 0 Å². The predicted octanol–water partition coefficient (Wildman–Crippen LogP) is -0.674. The molecule has 5 nitrogen and oxygen atoms in total. The van der Waals surface area contributed by atoms with Gasteiger partial charge in [-0.3, -0.25) is 0 Å². The van der Waals surface area contributed by atoms with Crippen molar-refractivity contribution in [2.24, 2.45) is 0 Å². The van der Waals surface area contributed by atoms with Crippen molar-refractivity contribution in [2.75, 3.05) is 26.4 Å². The van der Waals surface area contributed by atoms with Crippen molar-refractivity contribution in [3.05, 3.63) is 0 Å². The highest BCUT2D eigenvalue weighted by Gasteiger charge is 2.47. The second-order valence-electron chi connectivity index (χ2n) is 5.02. The average Bonchev–Trinajstić information content (AvgIpc) is 2.37. The van der Waals surface area contributed by atoms with Gasteiger partial charge in [-0.05, 0) is 27.7 Å². The van der Waals surface area contributed by atoms with Gasteiger partial charge in [-0.15, -0.1) is 0 Å². The van der Waals surface area contributed by atoms with Gasteiger partial charge >= 0.3 is 0 Å². The van der Waals surface area contributed by atoms with Crippen LogP contribution >= 0.6 is 0 Å². The summed E-state index contributed by atoms with van der Waals surface area (Å²) in [5, 5.41) is 37.8. The summed E-state index contributed by atoms with van der Waals surface area (Å²) in [5.41, 5.74) is 0. The molecule has 0 radical (unpaired) electrons. The van der Waals surface area contributed by atoms with E-state index in [1.165, 1.54) is 0 Å². The van der Waals surface area contributed by atoms with Gasteiger partial charge in [0.15, 0.2) is 0 Å². The zero-order valence-corrected chi connectivity index (χ0v) is 11.4. The highest BCUT2D eigenvalue weighted by Crippen LogP contribution is 2.28. The number of rotatable bonds is 8. The van der Waals surface area contributed by atoms with Crippen LogP contribution in [-0.2, 0) is 0 Å². The fourth-order valence-electron chi connectivity index (χ4n) is 3.17. The molecule has 5 heteroatoms. The van der Waals surface area contributed by atoms with Gasteiger partial charge in [0.1, 0.15) is 24.2 Å². The number of hydrogen-bond donors (Lipinski definition) is 4. The molecule has 0 fully saturated rings. The van der Waals surface area contributed by atoms with Gasteiger partial charge < -0.3 is 24.9 Å². The van der Waals surface area contributed by atoms with Gasteiger partial charge in [0.25, 0.3) is 0 Å². The van der Waals surface area contributed by atoms with E-state index in [1.807, 2.05) is 27.7 Å². The smallest absolute Gasteiger partial charge is 0.110 e. The molecule has 0 aromatic rings. The summed E-state index contributed by atoms with van der Waals surface area (Å²) >= 11 is 0. The Kier molecular flexibility index (Phi) is 7.20. The average molecular weight is 250 g/mol. The molecule has 0 saturated carbocycles. The molecule has 0 bridgehead atoms. The fraction of sp³-hybridized carbons (Fsp3) is 1.00. The summed E-state index contributed by atoms with van der Waals surface area (Å²) in [5.74, 6) is 0. The van der Waals surface area contributed by atoms with Crippen molar-refractivity contribution in [3.8, 4) is 0 Å². The molecule has 0 aliphatic rings. The summed E-state index contributed by atoms with van der Waals surface area (Å²) in [7, 11) is 0. The van der Waals surface area contributed by atoms with Gasteiger partial charge in [0.05, 0.1) is 26.4 Å². The largest absolute Gasteiger partial charge is 0.390 e. The monoisotopic (exact) mass is 250 g/mol. The van der Waals surface area contributed by atoms with E-state index >= 15 is 0 Å². The molecular weight excluding hydrogens is 222 g/mol. The minimum atomic E-state index is -0.151. The van der Waals surface area contributed by atoms with Crippen molar-refractivity contribution >= 4 is 0 Å². The van der Waals surface area contributed by atoms with Gasteiger partial charge in [0, 0.05) is 0 Å². The fourth-order valence-corrected chi connectivity index (χ4v) is 3.17. The van der Waals surface area contributed by atoms with Crippen molar-refractivity contribution in [3.63, 3.8) is 0 Å². The van der Waals surface area contributed by atoms with Crippen LogP contribution < -0.4 is 0 Å². The molecule has 104 valence electrons. The number of nitrogens with zero attached hydrogens (tertiary/aromatic N) is 1. The topological polar surface area (TPSA) is 80.9 Å². The van der Waals surface area contributed by atoms with Crippen LogP contribution in [0.3, 0.4) is 0 Å². The minimum absolute atomic E-state index is 0.0426. The lowest BCUT2D eigenvalue weighted by atomic mass is 9.99. The zero-order valence-electron chi connectivity index (χ0n) is 11.4. The van der Waals surface area contributed by atoms with Crippen molar-refractivity contribution < 1.29 is 24.9 Å². The molecule has 4 unspecified atom stereocenters. The van der Waals surface area contributed by atoms with Crippen LogP contribution in [0, 0.1) is 0 Å². The van der Waals surface area contributed by atoms with Gasteiger partial charge in [-0.2, -0.15) is 0 Å². The zero-order chi connectivity index (χ0) is 13.6. The first-order valence-electron chi connectivity index (χ1n) is 6.24. The molecule has 0 aromatic carbocycles. The maximum Gasteiger partial charge on any atom is 0.110 e. The first-order chi connectivity index (χ1) is 7.93. The Labute approximate surface area is 104 Å². The Morgan fingerprint density at radius 3 is 0.882 bits per heavy atom. The van der Waals surface area contributed by atoms with Gasteiger partial charge in [0.2, 0.25) is 0 Å². The number of quaternary nitrogens is 1. The van der Waals surface area contributed by atoms with E-state index in [4.69, 9.17) is 0 Å². The first kappa shape index (κ1) is 16.8. The summed E-state index contributed by atoms with van der Waals surface area (Å²) in [6.45, 7) is 7.35. The molecule has 0 aromatic heterocycles. The second kappa shape index (κ2) is 7.28. The molecular formula is C12H28NO4+. The van der Waals surface area contributed by atoms with E-state index in [-0.39, 0.29) is 50.6 Å². The molecule has 4 atom stereocenters. The molecule has 0 aliphatic heterocycles. The van der Waals surface area contributed by atoms with Crippen LogP contribution in [-0.4, -0.2) is 75.5 Å². The number of hydrogen-bond acceptors (Lipinski definition) is 4. The molecule has 4 N–H and O–H groups in total. The van der Waals surface area contributed by atoms with Crippen molar-refractivity contribution in [1.82, 2.24) is 0 Å². The van der Waals surface area contributed by atoms with E-state index in [2.05, 4.69) is 0 Å². The van der Waals surface area contributed by atoms with Crippen molar-refractivity contribution in [2.45, 2.75) is 51.9 Å². The lowest BCUT2D eigenvalue weighted by Crippen LogP contribution is -2.71. The Bertz CT molecular complexity index is 167. The maximum atomic E-state index is 9.44. The molecule has 0 heterocycles. The molecule has 0 rings (SSSR count). The third kappa shape index (κ3) is 2.98. The van der Waals surface area contributed by atoms with Crippen LogP contribution in [0.4, 0.5) is 0 Å². The first-order valence-corrected chi connectivity index (χ1v) is 6.24. The molecule has 0 saturated heterocycles. The quantitative estimate of drug-likeness (QED) is 0.431. The van der Waals surface area contributed by atoms with Crippen LogP contribution in [0.2, 0.25) is 0 Å². The van der Waals surface area contributed by atoms with Crippen LogP contribution in [0.15, 0.2) is 0 Å². The van der Waals surface area contributed by atoms with E-state index < -0.39 is 0 Å². The summed E-state index contributed by atoms with van der Waals surface area (Å²) in [6, 6.07) is -0.606. The molecule has 0 spiro atoms. The van der Waals surface area contributed by atoms with Gasteiger partial charge in [-0.25, -0.2) is 0 Å². The number of aliphatic hydroxyl groups excluding tert-OH is 4. The second-order valence-corrected chi connectivity index (χ2v) is 5.02. The Hall–Kier alpha value is -0.200. The SMILES string of the molecule is CC(CO)[N+](C(C)CO)(C(C)CO)C(C)CO. The molecule has 0 amide bonds. The Morgan fingerprint density at radius 1 is 0.588 bits per heavy atom. The normalized spacial score (nSPS) is 22.6. The molecule has 17 heavy (non-hydrogen) atoms.